The molecule has 0 fully saturated rings. The molecule has 0 aromatic rings. The third-order valence-corrected chi connectivity index (χ3v) is 5.27. The van der Waals surface area contributed by atoms with Gasteiger partial charge in [-0.15, -0.1) is 0 Å². The van der Waals surface area contributed by atoms with Crippen LogP contribution in [0.4, 0.5) is 0 Å². The number of rotatable bonds is 13. The van der Waals surface area contributed by atoms with E-state index in [-0.39, 0.29) is 78.6 Å². The van der Waals surface area contributed by atoms with E-state index in [9.17, 15) is 39.3 Å². The fourth-order valence-corrected chi connectivity index (χ4v) is 3.45. The number of carboxylic acid groups (broad SMARTS) is 4. The van der Waals surface area contributed by atoms with Crippen LogP contribution in [0.25, 0.3) is 0 Å². The van der Waals surface area contributed by atoms with Gasteiger partial charge in [0.25, 0.3) is 0 Å². The van der Waals surface area contributed by atoms with Crippen LogP contribution in [0.15, 0.2) is 12.4 Å². The Morgan fingerprint density at radius 3 is 1.56 bits per heavy atom. The van der Waals surface area contributed by atoms with E-state index in [4.69, 9.17) is 9.84 Å². The van der Waals surface area contributed by atoms with Crippen LogP contribution in [-0.4, -0.2) is 167 Å². The molecular formula is C21H35N5O10. The first-order valence-electron chi connectivity index (χ1n) is 11.2. The fraction of sp³-hybridized carbons (Fsp3) is 0.667. The molecule has 1 aliphatic heterocycles. The van der Waals surface area contributed by atoms with Gasteiger partial charge in [0.15, 0.2) is 0 Å². The molecule has 0 atom stereocenters. The van der Waals surface area contributed by atoms with Gasteiger partial charge in [0, 0.05) is 65.3 Å². The van der Waals surface area contributed by atoms with Crippen LogP contribution in [0.1, 0.15) is 0 Å². The highest BCUT2D eigenvalue weighted by atomic mass is 16.5. The van der Waals surface area contributed by atoms with E-state index < -0.39 is 36.3 Å². The van der Waals surface area contributed by atoms with Gasteiger partial charge >= 0.3 is 23.9 Å². The summed E-state index contributed by atoms with van der Waals surface area (Å²) in [5.74, 6) is -4.90. The number of ether oxygens (including phenoxy) is 1. The molecular weight excluding hydrogens is 482 g/mol. The van der Waals surface area contributed by atoms with Crippen molar-refractivity contribution in [1.29, 1.82) is 0 Å². The molecule has 1 aliphatic rings. The molecule has 15 heteroatoms. The van der Waals surface area contributed by atoms with Gasteiger partial charge in [-0.2, -0.15) is 0 Å². The molecule has 0 unspecified atom stereocenters. The molecule has 0 aliphatic carbocycles. The summed E-state index contributed by atoms with van der Waals surface area (Å²) in [4.78, 5) is 65.3. The predicted octanol–water partition coefficient (Wildman–Crippen LogP) is -2.51. The largest absolute Gasteiger partial charge is 0.480 e. The minimum atomic E-state index is -1.19. The Bertz CT molecular complexity index is 793. The first kappa shape index (κ1) is 30.6. The van der Waals surface area contributed by atoms with Crippen molar-refractivity contribution in [2.75, 3.05) is 92.3 Å². The molecule has 4 N–H and O–H groups in total. The SMILES string of the molecule is COCCN(CC(=O)O)C(=O)CN1/C=C\N(CC(=O)O)CCN(CC(=O)O)CCN(CC(=O)O)CC1. The van der Waals surface area contributed by atoms with E-state index >= 15 is 0 Å². The van der Waals surface area contributed by atoms with E-state index in [0.29, 0.717) is 0 Å². The van der Waals surface area contributed by atoms with Crippen molar-refractivity contribution in [2.24, 2.45) is 0 Å². The number of carboxylic acids is 4. The average Bonchev–Trinajstić information content (AvgIpc) is 2.76. The summed E-state index contributed by atoms with van der Waals surface area (Å²) in [6.07, 6.45) is 2.97. The first-order valence-corrected chi connectivity index (χ1v) is 11.2. The van der Waals surface area contributed by atoms with Crippen molar-refractivity contribution in [3.63, 3.8) is 0 Å². The van der Waals surface area contributed by atoms with Gasteiger partial charge in [-0.1, -0.05) is 0 Å². The third kappa shape index (κ3) is 13.5. The third-order valence-electron chi connectivity index (χ3n) is 5.27. The molecule has 0 saturated heterocycles. The van der Waals surface area contributed by atoms with Gasteiger partial charge in [-0.05, 0) is 0 Å². The normalized spacial score (nSPS) is 17.0. The number of methoxy groups -OCH3 is 1. The summed E-state index contributed by atoms with van der Waals surface area (Å²) >= 11 is 0. The minimum Gasteiger partial charge on any atom is -0.480 e. The molecule has 0 aromatic carbocycles. The number of nitrogens with zero attached hydrogens (tertiary/aromatic N) is 5. The van der Waals surface area contributed by atoms with Gasteiger partial charge in [0.05, 0.1) is 26.2 Å². The molecule has 1 amide bonds. The van der Waals surface area contributed by atoms with Gasteiger partial charge in [0.1, 0.15) is 13.1 Å². The summed E-state index contributed by atoms with van der Waals surface area (Å²) in [5, 5.41) is 36.8. The van der Waals surface area contributed by atoms with Gasteiger partial charge in [-0.25, -0.2) is 0 Å². The van der Waals surface area contributed by atoms with E-state index in [1.165, 1.54) is 24.4 Å². The number of amides is 1. The number of hydrogen-bond acceptors (Lipinski definition) is 10. The molecule has 0 radical (unpaired) electrons. The smallest absolute Gasteiger partial charge is 0.323 e. The highest BCUT2D eigenvalue weighted by Gasteiger charge is 2.21. The van der Waals surface area contributed by atoms with E-state index in [0.717, 1.165) is 4.90 Å². The Hall–Kier alpha value is -3.43. The Labute approximate surface area is 208 Å². The van der Waals surface area contributed by atoms with E-state index in [1.54, 1.807) is 14.7 Å². The fourth-order valence-electron chi connectivity index (χ4n) is 3.45. The second kappa shape index (κ2) is 16.3. The first-order chi connectivity index (χ1) is 17.0. The summed E-state index contributed by atoms with van der Waals surface area (Å²) in [6, 6.07) is 0. The van der Waals surface area contributed by atoms with Crippen LogP contribution in [0.3, 0.4) is 0 Å². The highest BCUT2D eigenvalue weighted by Crippen LogP contribution is 2.04. The zero-order chi connectivity index (χ0) is 27.1. The van der Waals surface area contributed by atoms with Crippen LogP contribution in [0, 0.1) is 0 Å². The van der Waals surface area contributed by atoms with Gasteiger partial charge in [0.2, 0.25) is 5.91 Å². The molecule has 15 nitrogen and oxygen atoms in total. The Morgan fingerprint density at radius 1 is 0.694 bits per heavy atom. The van der Waals surface area contributed by atoms with Crippen LogP contribution >= 0.6 is 0 Å². The zero-order valence-corrected chi connectivity index (χ0v) is 20.3. The molecule has 1 rings (SSSR count). The topological polar surface area (TPSA) is 192 Å². The molecule has 36 heavy (non-hydrogen) atoms. The lowest BCUT2D eigenvalue weighted by atomic mass is 10.3. The maximum Gasteiger partial charge on any atom is 0.323 e. The van der Waals surface area contributed by atoms with Gasteiger partial charge in [-0.3, -0.25) is 33.8 Å². The van der Waals surface area contributed by atoms with Crippen LogP contribution in [0.2, 0.25) is 0 Å². The molecule has 204 valence electrons. The van der Waals surface area contributed by atoms with Crippen LogP contribution in [0.5, 0.6) is 0 Å². The van der Waals surface area contributed by atoms with Crippen molar-refractivity contribution in [2.45, 2.75) is 0 Å². The Kier molecular flexibility index (Phi) is 13.8. The van der Waals surface area contributed by atoms with E-state index in [1.807, 2.05) is 0 Å². The maximum absolute atomic E-state index is 12.8. The molecule has 0 aromatic heterocycles. The standard InChI is InChI=1S/C21H35N5O10/c1-36-11-10-26(16-21(34)35)17(27)12-22-2-4-23(13-18(28)29)6-8-25(15-20(32)33)9-7-24(5-3-22)14-19(30)31/h2,4H,3,5-16H2,1H3,(H,28,29)(H,30,31)(H,32,33)(H,34,35)/b4-2-. The lowest BCUT2D eigenvalue weighted by Gasteiger charge is -2.32. The maximum atomic E-state index is 12.8. The van der Waals surface area contributed by atoms with Crippen molar-refractivity contribution in [1.82, 2.24) is 24.5 Å². The van der Waals surface area contributed by atoms with Crippen molar-refractivity contribution >= 4 is 29.8 Å². The minimum absolute atomic E-state index is 0.0644. The second-order valence-electron chi connectivity index (χ2n) is 8.17. The van der Waals surface area contributed by atoms with Crippen LogP contribution in [-0.2, 0) is 28.7 Å². The summed E-state index contributed by atoms with van der Waals surface area (Å²) < 4.78 is 4.94. The molecule has 0 saturated carbocycles. The van der Waals surface area contributed by atoms with Crippen LogP contribution < -0.4 is 0 Å². The van der Waals surface area contributed by atoms with Crippen molar-refractivity contribution in [3.8, 4) is 0 Å². The molecule has 0 spiro atoms. The summed E-state index contributed by atoms with van der Waals surface area (Å²) in [7, 11) is 1.42. The highest BCUT2D eigenvalue weighted by molar-refractivity contribution is 5.82. The van der Waals surface area contributed by atoms with Crippen molar-refractivity contribution in [3.05, 3.63) is 12.4 Å². The average molecular weight is 518 g/mol. The number of hydrogen-bond donors (Lipinski definition) is 4. The lowest BCUT2D eigenvalue weighted by Crippen LogP contribution is -2.47. The predicted molar refractivity (Wildman–Crippen MR) is 124 cm³/mol. The molecule has 0 bridgehead atoms. The molecule has 1 heterocycles. The number of aliphatic carboxylic acids is 4. The monoisotopic (exact) mass is 517 g/mol. The number of carbonyl (C=O) groups is 5. The van der Waals surface area contributed by atoms with E-state index in [2.05, 4.69) is 0 Å². The van der Waals surface area contributed by atoms with Gasteiger partial charge < -0.3 is 39.9 Å². The Balaban J connectivity index is 3.14. The number of carbonyl (C=O) groups excluding carboxylic acids is 1. The second-order valence-corrected chi connectivity index (χ2v) is 8.17. The lowest BCUT2D eigenvalue weighted by molar-refractivity contribution is -0.145. The quantitative estimate of drug-likeness (QED) is 0.200. The Morgan fingerprint density at radius 2 is 1.14 bits per heavy atom. The van der Waals surface area contributed by atoms with Crippen molar-refractivity contribution < 1.29 is 49.1 Å². The zero-order valence-electron chi connectivity index (χ0n) is 20.3. The summed E-state index contributed by atoms with van der Waals surface area (Å²) in [5.41, 5.74) is 0. The summed E-state index contributed by atoms with van der Waals surface area (Å²) in [6.45, 7) is -0.210.